The number of carbonyl (C=O) groups is 1. The van der Waals surface area contributed by atoms with Gasteiger partial charge in [0, 0.05) is 29.7 Å². The van der Waals surface area contributed by atoms with E-state index >= 15 is 0 Å². The Morgan fingerprint density at radius 2 is 2.32 bits per heavy atom. The summed E-state index contributed by atoms with van der Waals surface area (Å²) >= 11 is 7.80. The van der Waals surface area contributed by atoms with E-state index in [1.807, 2.05) is 35.9 Å². The molecule has 0 N–H and O–H groups in total. The van der Waals surface area contributed by atoms with Gasteiger partial charge in [0.1, 0.15) is 6.61 Å². The van der Waals surface area contributed by atoms with Crippen LogP contribution in [-0.4, -0.2) is 46.0 Å². The quantitative estimate of drug-likeness (QED) is 0.785. The molecule has 2 heterocycles. The molecule has 1 amide bonds. The standard InChI is InChI=1S/C15H16ClN3O2S/c1-11-12(16)3-2-4-13(11)19-6-5-17-14(19)22-10-8-18-7-9-21-15(18)20/h2-6H,7-10H2,1H3. The fraction of sp³-hybridized carbons (Fsp3) is 0.333. The first-order chi connectivity index (χ1) is 10.7. The number of rotatable bonds is 5. The maximum absolute atomic E-state index is 11.4. The molecule has 5 nitrogen and oxygen atoms in total. The molecule has 0 bridgehead atoms. The van der Waals surface area contributed by atoms with Gasteiger partial charge >= 0.3 is 6.09 Å². The van der Waals surface area contributed by atoms with Crippen molar-refractivity contribution in [3.05, 3.63) is 41.2 Å². The summed E-state index contributed by atoms with van der Waals surface area (Å²) in [6, 6.07) is 5.83. The molecule has 0 radical (unpaired) electrons. The summed E-state index contributed by atoms with van der Waals surface area (Å²) in [5.74, 6) is 0.770. The number of nitrogens with zero attached hydrogens (tertiary/aromatic N) is 3. The Kier molecular flexibility index (Phi) is 4.59. The van der Waals surface area contributed by atoms with Gasteiger partial charge in [-0.1, -0.05) is 29.4 Å². The van der Waals surface area contributed by atoms with Crippen LogP contribution in [0.5, 0.6) is 0 Å². The van der Waals surface area contributed by atoms with Crippen molar-refractivity contribution in [2.75, 3.05) is 25.4 Å². The molecule has 0 aliphatic carbocycles. The predicted molar refractivity (Wildman–Crippen MR) is 87.0 cm³/mol. The molecular weight excluding hydrogens is 322 g/mol. The number of benzene rings is 1. The fourth-order valence-corrected chi connectivity index (χ4v) is 3.41. The molecule has 3 rings (SSSR count). The van der Waals surface area contributed by atoms with Crippen molar-refractivity contribution in [2.24, 2.45) is 0 Å². The minimum Gasteiger partial charge on any atom is -0.448 e. The molecule has 1 aliphatic heterocycles. The molecule has 7 heteroatoms. The van der Waals surface area contributed by atoms with E-state index in [0.717, 1.165) is 27.2 Å². The number of thioether (sulfide) groups is 1. The van der Waals surface area contributed by atoms with E-state index in [0.29, 0.717) is 19.7 Å². The van der Waals surface area contributed by atoms with E-state index in [1.165, 1.54) is 0 Å². The third-order valence-corrected chi connectivity index (χ3v) is 4.90. The van der Waals surface area contributed by atoms with Gasteiger partial charge < -0.3 is 9.64 Å². The lowest BCUT2D eigenvalue weighted by atomic mass is 10.2. The maximum Gasteiger partial charge on any atom is 0.409 e. The van der Waals surface area contributed by atoms with Crippen molar-refractivity contribution in [3.63, 3.8) is 0 Å². The van der Waals surface area contributed by atoms with Gasteiger partial charge in [-0.05, 0) is 24.6 Å². The minimum atomic E-state index is -0.227. The molecule has 0 atom stereocenters. The van der Waals surface area contributed by atoms with Crippen LogP contribution in [0.2, 0.25) is 5.02 Å². The zero-order chi connectivity index (χ0) is 15.5. The SMILES string of the molecule is Cc1c(Cl)cccc1-n1ccnc1SCCN1CCOC1=O. The largest absolute Gasteiger partial charge is 0.448 e. The topological polar surface area (TPSA) is 47.4 Å². The Morgan fingerprint density at radius 1 is 1.45 bits per heavy atom. The summed E-state index contributed by atoms with van der Waals surface area (Å²) in [4.78, 5) is 17.5. The second-order valence-corrected chi connectivity index (χ2v) is 6.38. The lowest BCUT2D eigenvalue weighted by Gasteiger charge is -2.13. The highest BCUT2D eigenvalue weighted by atomic mass is 35.5. The Balaban J connectivity index is 1.70. The summed E-state index contributed by atoms with van der Waals surface area (Å²) in [5.41, 5.74) is 2.04. The normalized spacial score (nSPS) is 14.5. The lowest BCUT2D eigenvalue weighted by molar-refractivity contribution is 0.160. The van der Waals surface area contributed by atoms with Crippen LogP contribution in [0.25, 0.3) is 5.69 Å². The molecule has 2 aromatic rings. The van der Waals surface area contributed by atoms with E-state index < -0.39 is 0 Å². The van der Waals surface area contributed by atoms with Gasteiger partial charge in [-0.2, -0.15) is 0 Å². The van der Waals surface area contributed by atoms with Crippen molar-refractivity contribution in [2.45, 2.75) is 12.1 Å². The second kappa shape index (κ2) is 6.62. The third kappa shape index (κ3) is 3.08. The number of cyclic esters (lactones) is 1. The van der Waals surface area contributed by atoms with Gasteiger partial charge in [0.25, 0.3) is 0 Å². The maximum atomic E-state index is 11.4. The summed E-state index contributed by atoms with van der Waals surface area (Å²) < 4.78 is 6.94. The van der Waals surface area contributed by atoms with Crippen LogP contribution in [0.3, 0.4) is 0 Å². The van der Waals surface area contributed by atoms with E-state index in [4.69, 9.17) is 16.3 Å². The average molecular weight is 338 g/mol. The molecule has 1 aromatic heterocycles. The number of hydrogen-bond donors (Lipinski definition) is 0. The van der Waals surface area contributed by atoms with Gasteiger partial charge in [0.2, 0.25) is 0 Å². The van der Waals surface area contributed by atoms with Crippen LogP contribution in [0.15, 0.2) is 35.7 Å². The summed E-state index contributed by atoms with van der Waals surface area (Å²) in [6.07, 6.45) is 3.47. The van der Waals surface area contributed by atoms with Crippen LogP contribution in [-0.2, 0) is 4.74 Å². The van der Waals surface area contributed by atoms with Crippen LogP contribution < -0.4 is 0 Å². The Bertz CT molecular complexity index is 689. The van der Waals surface area contributed by atoms with E-state index in [-0.39, 0.29) is 6.09 Å². The number of aromatic nitrogens is 2. The van der Waals surface area contributed by atoms with E-state index in [9.17, 15) is 4.79 Å². The molecule has 1 saturated heterocycles. The van der Waals surface area contributed by atoms with Gasteiger partial charge in [-0.25, -0.2) is 9.78 Å². The zero-order valence-electron chi connectivity index (χ0n) is 12.2. The second-order valence-electron chi connectivity index (χ2n) is 4.91. The van der Waals surface area contributed by atoms with Gasteiger partial charge in [-0.15, -0.1) is 0 Å². The summed E-state index contributed by atoms with van der Waals surface area (Å²) in [7, 11) is 0. The smallest absolute Gasteiger partial charge is 0.409 e. The highest BCUT2D eigenvalue weighted by Crippen LogP contribution is 2.26. The van der Waals surface area contributed by atoms with Crippen LogP contribution >= 0.6 is 23.4 Å². The monoisotopic (exact) mass is 337 g/mol. The average Bonchev–Trinajstić information content (AvgIpc) is 3.12. The zero-order valence-corrected chi connectivity index (χ0v) is 13.7. The van der Waals surface area contributed by atoms with Gasteiger partial charge in [0.05, 0.1) is 12.2 Å². The first kappa shape index (κ1) is 15.2. The number of imidazole rings is 1. The van der Waals surface area contributed by atoms with E-state index in [2.05, 4.69) is 4.98 Å². The molecule has 0 unspecified atom stereocenters. The minimum absolute atomic E-state index is 0.227. The number of hydrogen-bond acceptors (Lipinski definition) is 4. The van der Waals surface area contributed by atoms with Crippen LogP contribution in [0.1, 0.15) is 5.56 Å². The number of halogens is 1. The molecular formula is C15H16ClN3O2S. The Labute approximate surface area is 138 Å². The van der Waals surface area contributed by atoms with Crippen LogP contribution in [0, 0.1) is 6.92 Å². The van der Waals surface area contributed by atoms with Gasteiger partial charge in [0.15, 0.2) is 5.16 Å². The van der Waals surface area contributed by atoms with Crippen molar-refractivity contribution in [1.82, 2.24) is 14.5 Å². The number of ether oxygens (including phenoxy) is 1. The summed E-state index contributed by atoms with van der Waals surface area (Å²) in [6.45, 7) is 3.80. The molecule has 1 fully saturated rings. The van der Waals surface area contributed by atoms with Crippen molar-refractivity contribution >= 4 is 29.5 Å². The summed E-state index contributed by atoms with van der Waals surface area (Å²) in [5, 5.41) is 1.62. The third-order valence-electron chi connectivity index (χ3n) is 3.54. The van der Waals surface area contributed by atoms with E-state index in [1.54, 1.807) is 22.9 Å². The van der Waals surface area contributed by atoms with Crippen molar-refractivity contribution in [1.29, 1.82) is 0 Å². The molecule has 1 aliphatic rings. The highest BCUT2D eigenvalue weighted by molar-refractivity contribution is 7.99. The Morgan fingerprint density at radius 3 is 3.09 bits per heavy atom. The molecule has 22 heavy (non-hydrogen) atoms. The highest BCUT2D eigenvalue weighted by Gasteiger charge is 2.21. The number of amides is 1. The van der Waals surface area contributed by atoms with Crippen LogP contribution in [0.4, 0.5) is 4.79 Å². The first-order valence-corrected chi connectivity index (χ1v) is 8.36. The number of carbonyl (C=O) groups excluding carboxylic acids is 1. The van der Waals surface area contributed by atoms with Crippen molar-refractivity contribution < 1.29 is 9.53 Å². The predicted octanol–water partition coefficient (Wildman–Crippen LogP) is 3.38. The molecule has 116 valence electrons. The molecule has 1 aromatic carbocycles. The lowest BCUT2D eigenvalue weighted by Crippen LogP contribution is -2.26. The van der Waals surface area contributed by atoms with Gasteiger partial charge in [-0.3, -0.25) is 4.57 Å². The van der Waals surface area contributed by atoms with Crippen molar-refractivity contribution in [3.8, 4) is 5.69 Å². The Hall–Kier alpha value is -1.66. The molecule has 0 spiro atoms. The molecule has 0 saturated carbocycles. The first-order valence-electron chi connectivity index (χ1n) is 7.00. The fourth-order valence-electron chi connectivity index (χ4n) is 2.31.